The average molecular weight is 528 g/mol. The number of aromatic amines is 1. The number of guanidine groups is 1. The summed E-state index contributed by atoms with van der Waals surface area (Å²) in [7, 11) is 0. The highest BCUT2D eigenvalue weighted by molar-refractivity contribution is 5.95. The lowest BCUT2D eigenvalue weighted by Gasteiger charge is -2.25. The van der Waals surface area contributed by atoms with E-state index in [0.29, 0.717) is 5.69 Å². The van der Waals surface area contributed by atoms with Crippen LogP contribution in [-0.4, -0.2) is 97.7 Å². The summed E-state index contributed by atoms with van der Waals surface area (Å²) in [6, 6.07) is -5.82. The van der Waals surface area contributed by atoms with Gasteiger partial charge >= 0.3 is 11.9 Å². The van der Waals surface area contributed by atoms with Gasteiger partial charge in [0.1, 0.15) is 24.2 Å². The molecule has 0 aliphatic heterocycles. The van der Waals surface area contributed by atoms with E-state index in [-0.39, 0.29) is 31.8 Å². The van der Waals surface area contributed by atoms with Crippen molar-refractivity contribution in [2.75, 3.05) is 6.54 Å². The van der Waals surface area contributed by atoms with E-state index in [2.05, 4.69) is 30.9 Å². The van der Waals surface area contributed by atoms with Crippen LogP contribution in [0.2, 0.25) is 0 Å². The number of rotatable bonds is 16. The van der Waals surface area contributed by atoms with Gasteiger partial charge in [0.25, 0.3) is 0 Å². The topological polar surface area (TPSA) is 301 Å². The van der Waals surface area contributed by atoms with Gasteiger partial charge in [-0.2, -0.15) is 0 Å². The minimum Gasteiger partial charge on any atom is -0.481 e. The summed E-state index contributed by atoms with van der Waals surface area (Å²) in [6.07, 6.45) is 0.555. The molecule has 0 bridgehead atoms. The third kappa shape index (κ3) is 11.4. The number of H-pyrrole nitrogens is 1. The quantitative estimate of drug-likeness (QED) is 0.0555. The van der Waals surface area contributed by atoms with Crippen molar-refractivity contribution in [1.82, 2.24) is 25.9 Å². The minimum absolute atomic E-state index is 0.0638. The van der Waals surface area contributed by atoms with Crippen LogP contribution in [0.4, 0.5) is 0 Å². The third-order valence-electron chi connectivity index (χ3n) is 5.01. The molecule has 0 aliphatic carbocycles. The number of nitrogens with zero attached hydrogens (tertiary/aromatic N) is 2. The lowest BCUT2D eigenvalue weighted by Crippen LogP contribution is -2.58. The Bertz CT molecular complexity index is 963. The smallest absolute Gasteiger partial charge is 0.326 e. The predicted molar refractivity (Wildman–Crippen MR) is 128 cm³/mol. The minimum atomic E-state index is -1.65. The number of carboxylic acids is 2. The normalized spacial score (nSPS) is 14.8. The number of aliphatic hydroxyl groups excluding tert-OH is 1. The SMILES string of the molecule is CC(O)C(N)C(=O)NC(CC(=O)O)C(=O)NC(CCCN=C(N)N)C(=O)NC(Cc1cnc[nH]1)C(=O)O. The van der Waals surface area contributed by atoms with Crippen molar-refractivity contribution in [3.8, 4) is 0 Å². The number of nitrogens with one attached hydrogen (secondary N) is 4. The van der Waals surface area contributed by atoms with Crippen molar-refractivity contribution in [3.63, 3.8) is 0 Å². The number of aliphatic carboxylic acids is 2. The van der Waals surface area contributed by atoms with Gasteiger partial charge in [-0.25, -0.2) is 9.78 Å². The molecule has 17 heteroatoms. The molecule has 0 aromatic carbocycles. The van der Waals surface area contributed by atoms with Crippen LogP contribution in [0.1, 0.15) is 31.9 Å². The van der Waals surface area contributed by atoms with Gasteiger partial charge in [0.15, 0.2) is 5.96 Å². The Morgan fingerprint density at radius 2 is 1.62 bits per heavy atom. The van der Waals surface area contributed by atoms with E-state index in [1.807, 2.05) is 0 Å². The Morgan fingerprint density at radius 1 is 1.03 bits per heavy atom. The summed E-state index contributed by atoms with van der Waals surface area (Å²) >= 11 is 0. The molecule has 0 saturated carbocycles. The predicted octanol–water partition coefficient (Wildman–Crippen LogP) is -4.27. The van der Waals surface area contributed by atoms with E-state index in [1.165, 1.54) is 19.4 Å². The van der Waals surface area contributed by atoms with Gasteiger partial charge in [-0.3, -0.25) is 24.2 Å². The number of aliphatic imine (C=N–C) groups is 1. The first-order chi connectivity index (χ1) is 17.3. The van der Waals surface area contributed by atoms with Gasteiger partial charge in [-0.05, 0) is 19.8 Å². The summed E-state index contributed by atoms with van der Waals surface area (Å²) in [5, 5.41) is 34.9. The van der Waals surface area contributed by atoms with E-state index in [1.54, 1.807) is 0 Å². The zero-order valence-electron chi connectivity index (χ0n) is 20.1. The van der Waals surface area contributed by atoms with Crippen molar-refractivity contribution < 1.29 is 39.3 Å². The first-order valence-corrected chi connectivity index (χ1v) is 11.1. The number of amides is 3. The molecule has 37 heavy (non-hydrogen) atoms. The lowest BCUT2D eigenvalue weighted by molar-refractivity contribution is -0.143. The molecular formula is C20H33N9O8. The maximum atomic E-state index is 13.0. The molecule has 1 aromatic rings. The number of carbonyl (C=O) groups excluding carboxylic acids is 3. The Balaban J connectivity index is 3.06. The molecule has 0 aliphatic rings. The van der Waals surface area contributed by atoms with Gasteiger partial charge in [0.2, 0.25) is 17.7 Å². The highest BCUT2D eigenvalue weighted by Gasteiger charge is 2.32. The molecule has 0 radical (unpaired) electrons. The summed E-state index contributed by atoms with van der Waals surface area (Å²) in [5.41, 5.74) is 16.5. The second kappa shape index (κ2) is 15.0. The lowest BCUT2D eigenvalue weighted by atomic mass is 10.1. The van der Waals surface area contributed by atoms with Crippen LogP contribution in [-0.2, 0) is 30.4 Å². The first kappa shape index (κ1) is 30.8. The van der Waals surface area contributed by atoms with E-state index >= 15 is 0 Å². The number of imidazole rings is 1. The van der Waals surface area contributed by atoms with Crippen LogP contribution in [0, 0.1) is 0 Å². The summed E-state index contributed by atoms with van der Waals surface area (Å²) in [4.78, 5) is 71.2. The average Bonchev–Trinajstić information content (AvgIpc) is 3.31. The zero-order chi connectivity index (χ0) is 28.1. The summed E-state index contributed by atoms with van der Waals surface area (Å²) < 4.78 is 0. The van der Waals surface area contributed by atoms with Crippen molar-refractivity contribution in [3.05, 3.63) is 18.2 Å². The molecule has 5 unspecified atom stereocenters. The van der Waals surface area contributed by atoms with Crippen LogP contribution in [0.5, 0.6) is 0 Å². The molecule has 0 saturated heterocycles. The number of carboxylic acid groups (broad SMARTS) is 2. The van der Waals surface area contributed by atoms with Crippen molar-refractivity contribution in [2.24, 2.45) is 22.2 Å². The fourth-order valence-corrected chi connectivity index (χ4v) is 3.00. The maximum Gasteiger partial charge on any atom is 0.326 e. The molecule has 17 nitrogen and oxygen atoms in total. The number of carbonyl (C=O) groups is 5. The number of aromatic nitrogens is 2. The van der Waals surface area contributed by atoms with Crippen LogP contribution in [0.25, 0.3) is 0 Å². The van der Waals surface area contributed by atoms with Crippen LogP contribution in [0.3, 0.4) is 0 Å². The van der Waals surface area contributed by atoms with Crippen molar-refractivity contribution >= 4 is 35.6 Å². The van der Waals surface area contributed by atoms with E-state index < -0.39 is 66.4 Å². The van der Waals surface area contributed by atoms with Crippen LogP contribution >= 0.6 is 0 Å². The third-order valence-corrected chi connectivity index (χ3v) is 5.01. The number of hydrogen-bond acceptors (Lipinski definition) is 9. The molecule has 1 heterocycles. The Hall–Kier alpha value is -4.25. The Kier molecular flexibility index (Phi) is 12.5. The highest BCUT2D eigenvalue weighted by atomic mass is 16.4. The molecular weight excluding hydrogens is 494 g/mol. The first-order valence-electron chi connectivity index (χ1n) is 11.1. The van der Waals surface area contributed by atoms with E-state index in [9.17, 15) is 34.2 Å². The Labute approximate surface area is 211 Å². The molecule has 5 atom stereocenters. The van der Waals surface area contributed by atoms with Crippen LogP contribution < -0.4 is 33.2 Å². The second-order valence-electron chi connectivity index (χ2n) is 8.12. The zero-order valence-corrected chi connectivity index (χ0v) is 20.1. The fourth-order valence-electron chi connectivity index (χ4n) is 3.00. The molecule has 1 aromatic heterocycles. The van der Waals surface area contributed by atoms with E-state index in [0.717, 1.165) is 0 Å². The highest BCUT2D eigenvalue weighted by Crippen LogP contribution is 2.05. The number of aliphatic hydroxyl groups is 1. The summed E-state index contributed by atoms with van der Waals surface area (Å²) in [6.45, 7) is 1.31. The van der Waals surface area contributed by atoms with Crippen LogP contribution in [0.15, 0.2) is 17.5 Å². The molecule has 0 fully saturated rings. The molecule has 13 N–H and O–H groups in total. The monoisotopic (exact) mass is 527 g/mol. The van der Waals surface area contributed by atoms with Gasteiger partial charge in [-0.1, -0.05) is 0 Å². The maximum absolute atomic E-state index is 13.0. The standard InChI is InChI=1S/C20H33N9O8/c1-9(30)15(21)18(35)28-12(6-14(31)32)17(34)27-11(3-2-4-25-20(22)23)16(33)29-13(19(36)37)5-10-7-24-8-26-10/h7-9,11-13,15,30H,2-6,21H2,1H3,(H,24,26)(H,27,34)(H,28,35)(H,29,33)(H,31,32)(H,36,37)(H4,22,23,25). The fraction of sp³-hybridized carbons (Fsp3) is 0.550. The number of nitrogens with two attached hydrogens (primary N) is 3. The second-order valence-corrected chi connectivity index (χ2v) is 8.12. The van der Waals surface area contributed by atoms with Gasteiger partial charge < -0.3 is 53.5 Å². The largest absolute Gasteiger partial charge is 0.481 e. The van der Waals surface area contributed by atoms with Gasteiger partial charge in [0.05, 0.1) is 18.9 Å². The van der Waals surface area contributed by atoms with Crippen molar-refractivity contribution in [2.45, 2.75) is 62.9 Å². The van der Waals surface area contributed by atoms with Crippen molar-refractivity contribution in [1.29, 1.82) is 0 Å². The molecule has 206 valence electrons. The number of hydrogen-bond donors (Lipinski definition) is 10. The summed E-state index contributed by atoms with van der Waals surface area (Å²) in [5.74, 6) is -5.91. The van der Waals surface area contributed by atoms with Gasteiger partial charge in [-0.15, -0.1) is 0 Å². The molecule has 0 spiro atoms. The van der Waals surface area contributed by atoms with Gasteiger partial charge in [0, 0.05) is 24.9 Å². The Morgan fingerprint density at radius 3 is 2.14 bits per heavy atom. The van der Waals surface area contributed by atoms with E-state index in [4.69, 9.17) is 22.3 Å². The molecule has 3 amide bonds. The molecule has 1 rings (SSSR count).